The van der Waals surface area contributed by atoms with E-state index in [1.807, 2.05) is 23.7 Å². The molecule has 1 fully saturated rings. The van der Waals surface area contributed by atoms with Gasteiger partial charge in [0, 0.05) is 30.3 Å². The molecule has 0 saturated carbocycles. The highest BCUT2D eigenvalue weighted by Crippen LogP contribution is 2.26. The number of anilines is 1. The van der Waals surface area contributed by atoms with Crippen molar-refractivity contribution in [3.63, 3.8) is 0 Å². The van der Waals surface area contributed by atoms with Gasteiger partial charge in [0.15, 0.2) is 5.82 Å². The van der Waals surface area contributed by atoms with Crippen LogP contribution in [-0.4, -0.2) is 37.5 Å². The molecule has 0 aromatic carbocycles. The van der Waals surface area contributed by atoms with E-state index in [4.69, 9.17) is 0 Å². The monoisotopic (exact) mass is 323 g/mol. The number of hydrogen-bond donors (Lipinski definition) is 0. The maximum Gasteiger partial charge on any atom is 0.203 e. The molecule has 19 heavy (non-hydrogen) atoms. The lowest BCUT2D eigenvalue weighted by Crippen LogP contribution is -2.37. The van der Waals surface area contributed by atoms with Crippen molar-refractivity contribution in [3.05, 3.63) is 18.2 Å². The van der Waals surface area contributed by atoms with Crippen LogP contribution in [-0.2, 0) is 0 Å². The standard InChI is InChI=1S/C13H18BrN5/c1-10-16-17-13-12(15-6-8-18(10)13)19-7-4-2-3-5-11(19)9-14/h6,8,11H,2-5,7,9H2,1H3. The molecule has 2 aromatic heterocycles. The van der Waals surface area contributed by atoms with Crippen molar-refractivity contribution in [3.8, 4) is 0 Å². The van der Waals surface area contributed by atoms with E-state index in [0.29, 0.717) is 6.04 Å². The van der Waals surface area contributed by atoms with Crippen molar-refractivity contribution >= 4 is 27.4 Å². The van der Waals surface area contributed by atoms with Crippen molar-refractivity contribution in [1.82, 2.24) is 19.6 Å². The van der Waals surface area contributed by atoms with E-state index in [9.17, 15) is 0 Å². The molecule has 3 rings (SSSR count). The number of nitrogens with zero attached hydrogens (tertiary/aromatic N) is 5. The fourth-order valence-electron chi connectivity index (χ4n) is 2.75. The molecule has 0 amide bonds. The quantitative estimate of drug-likeness (QED) is 0.797. The summed E-state index contributed by atoms with van der Waals surface area (Å²) in [7, 11) is 0. The fourth-order valence-corrected chi connectivity index (χ4v) is 3.42. The number of rotatable bonds is 2. The van der Waals surface area contributed by atoms with Gasteiger partial charge in [-0.15, -0.1) is 10.2 Å². The number of halogens is 1. The highest BCUT2D eigenvalue weighted by atomic mass is 79.9. The number of fused-ring (bicyclic) bond motifs is 1. The molecule has 3 heterocycles. The van der Waals surface area contributed by atoms with Crippen LogP contribution in [0.3, 0.4) is 0 Å². The predicted molar refractivity (Wildman–Crippen MR) is 78.9 cm³/mol. The largest absolute Gasteiger partial charge is 0.350 e. The molecule has 2 aromatic rings. The van der Waals surface area contributed by atoms with Crippen LogP contribution < -0.4 is 4.90 Å². The maximum atomic E-state index is 4.57. The smallest absolute Gasteiger partial charge is 0.203 e. The molecule has 5 nitrogen and oxygen atoms in total. The lowest BCUT2D eigenvalue weighted by molar-refractivity contribution is 0.621. The Labute approximate surface area is 121 Å². The van der Waals surface area contributed by atoms with E-state index in [2.05, 4.69) is 36.0 Å². The molecule has 0 spiro atoms. The van der Waals surface area contributed by atoms with Gasteiger partial charge in [0.2, 0.25) is 5.65 Å². The maximum absolute atomic E-state index is 4.57. The van der Waals surface area contributed by atoms with Crippen LogP contribution in [0.1, 0.15) is 31.5 Å². The highest BCUT2D eigenvalue weighted by Gasteiger charge is 2.24. The van der Waals surface area contributed by atoms with E-state index < -0.39 is 0 Å². The summed E-state index contributed by atoms with van der Waals surface area (Å²) < 4.78 is 2.01. The zero-order valence-electron chi connectivity index (χ0n) is 11.1. The molecule has 0 N–H and O–H groups in total. The molecule has 6 heteroatoms. The Balaban J connectivity index is 2.06. The number of alkyl halides is 1. The predicted octanol–water partition coefficient (Wildman–Crippen LogP) is 2.58. The third-order valence-corrected chi connectivity index (χ3v) is 4.55. The van der Waals surface area contributed by atoms with Gasteiger partial charge in [-0.05, 0) is 19.8 Å². The molecule has 0 radical (unpaired) electrons. The Morgan fingerprint density at radius 1 is 1.32 bits per heavy atom. The summed E-state index contributed by atoms with van der Waals surface area (Å²) in [5, 5.41) is 9.42. The topological polar surface area (TPSA) is 46.3 Å². The van der Waals surface area contributed by atoms with Crippen LogP contribution in [0.4, 0.5) is 5.82 Å². The summed E-state index contributed by atoms with van der Waals surface area (Å²) in [6, 6.07) is 0.498. The number of aromatic nitrogens is 4. The molecule has 1 saturated heterocycles. The zero-order valence-corrected chi connectivity index (χ0v) is 12.7. The minimum atomic E-state index is 0.498. The molecule has 1 unspecified atom stereocenters. The van der Waals surface area contributed by atoms with Gasteiger partial charge in [0.25, 0.3) is 0 Å². The van der Waals surface area contributed by atoms with Gasteiger partial charge in [0.1, 0.15) is 5.82 Å². The lowest BCUT2D eigenvalue weighted by Gasteiger charge is -2.29. The summed E-state index contributed by atoms with van der Waals surface area (Å²) in [4.78, 5) is 6.96. The summed E-state index contributed by atoms with van der Waals surface area (Å²) >= 11 is 3.64. The number of hydrogen-bond acceptors (Lipinski definition) is 4. The van der Waals surface area contributed by atoms with E-state index >= 15 is 0 Å². The first kappa shape index (κ1) is 12.8. The summed E-state index contributed by atoms with van der Waals surface area (Å²) in [6.45, 7) is 3.02. The van der Waals surface area contributed by atoms with E-state index in [-0.39, 0.29) is 0 Å². The van der Waals surface area contributed by atoms with E-state index in [0.717, 1.165) is 29.2 Å². The van der Waals surface area contributed by atoms with Gasteiger partial charge in [-0.3, -0.25) is 4.40 Å². The van der Waals surface area contributed by atoms with E-state index in [1.165, 1.54) is 25.7 Å². The third kappa shape index (κ3) is 2.33. The Bertz CT molecular complexity index is 567. The number of aryl methyl sites for hydroxylation is 1. The molecule has 0 bridgehead atoms. The van der Waals surface area contributed by atoms with Crippen LogP contribution in [0.25, 0.3) is 5.65 Å². The minimum absolute atomic E-state index is 0.498. The van der Waals surface area contributed by atoms with Crippen molar-refractivity contribution in [2.45, 2.75) is 38.6 Å². The highest BCUT2D eigenvalue weighted by molar-refractivity contribution is 9.09. The van der Waals surface area contributed by atoms with Crippen molar-refractivity contribution in [2.75, 3.05) is 16.8 Å². The molecule has 0 aliphatic carbocycles. The summed E-state index contributed by atoms with van der Waals surface area (Å²) in [6.07, 6.45) is 8.79. The molecule has 1 aliphatic heterocycles. The van der Waals surface area contributed by atoms with Crippen molar-refractivity contribution in [2.24, 2.45) is 0 Å². The van der Waals surface area contributed by atoms with Crippen LogP contribution in [0.2, 0.25) is 0 Å². The van der Waals surface area contributed by atoms with Crippen LogP contribution >= 0.6 is 15.9 Å². The molecular formula is C13H18BrN5. The summed E-state index contributed by atoms with van der Waals surface area (Å²) in [5.41, 5.74) is 0.868. The molecule has 1 aliphatic rings. The Morgan fingerprint density at radius 2 is 2.21 bits per heavy atom. The molecule has 102 valence electrons. The second-order valence-corrected chi connectivity index (χ2v) is 5.69. The minimum Gasteiger partial charge on any atom is -0.350 e. The summed E-state index contributed by atoms with van der Waals surface area (Å²) in [5.74, 6) is 1.87. The van der Waals surface area contributed by atoms with Gasteiger partial charge in [-0.2, -0.15) is 0 Å². The van der Waals surface area contributed by atoms with Gasteiger partial charge < -0.3 is 4.90 Å². The third-order valence-electron chi connectivity index (χ3n) is 3.81. The Hall–Kier alpha value is -1.17. The first-order chi connectivity index (χ1) is 9.31. The van der Waals surface area contributed by atoms with Crippen molar-refractivity contribution < 1.29 is 0 Å². The van der Waals surface area contributed by atoms with Gasteiger partial charge in [-0.1, -0.05) is 28.8 Å². The average molecular weight is 324 g/mol. The van der Waals surface area contributed by atoms with Gasteiger partial charge in [0.05, 0.1) is 0 Å². The Morgan fingerprint density at radius 3 is 3.05 bits per heavy atom. The van der Waals surface area contributed by atoms with Crippen LogP contribution in [0.5, 0.6) is 0 Å². The molecule has 1 atom stereocenters. The average Bonchev–Trinajstić information content (AvgIpc) is 2.68. The van der Waals surface area contributed by atoms with Gasteiger partial charge in [-0.25, -0.2) is 4.98 Å². The Kier molecular flexibility index (Phi) is 3.68. The van der Waals surface area contributed by atoms with E-state index in [1.54, 1.807) is 0 Å². The lowest BCUT2D eigenvalue weighted by atomic mass is 10.1. The second-order valence-electron chi connectivity index (χ2n) is 5.04. The van der Waals surface area contributed by atoms with Gasteiger partial charge >= 0.3 is 0 Å². The first-order valence-electron chi connectivity index (χ1n) is 6.80. The fraction of sp³-hybridized carbons (Fsp3) is 0.615. The normalized spacial score (nSPS) is 20.7. The zero-order chi connectivity index (χ0) is 13.2. The van der Waals surface area contributed by atoms with Crippen LogP contribution in [0, 0.1) is 6.92 Å². The second kappa shape index (κ2) is 5.45. The first-order valence-corrected chi connectivity index (χ1v) is 7.92. The SMILES string of the molecule is Cc1nnc2c(N3CCCCCC3CBr)nccn12. The molecular weight excluding hydrogens is 306 g/mol. The van der Waals surface area contributed by atoms with Crippen LogP contribution in [0.15, 0.2) is 12.4 Å². The van der Waals surface area contributed by atoms with Crippen molar-refractivity contribution in [1.29, 1.82) is 0 Å².